The normalized spacial score (nSPS) is 11.8. The van der Waals surface area contributed by atoms with Crippen LogP contribution in [0.25, 0.3) is 22.4 Å². The molecule has 0 atom stereocenters. The van der Waals surface area contributed by atoms with Gasteiger partial charge in [0.2, 0.25) is 4.96 Å². The number of thiazole rings is 1. The van der Waals surface area contributed by atoms with E-state index in [0.29, 0.717) is 26.9 Å². The molecule has 0 aliphatic heterocycles. The average molecular weight is 446 g/mol. The van der Waals surface area contributed by atoms with Gasteiger partial charge in [0.1, 0.15) is 12.4 Å². The summed E-state index contributed by atoms with van der Waals surface area (Å²) >= 11 is 7.24. The Morgan fingerprint density at radius 3 is 2.58 bits per heavy atom. The monoisotopic (exact) mass is 445 g/mol. The van der Waals surface area contributed by atoms with E-state index in [0.717, 1.165) is 22.4 Å². The number of nitrogens with zero attached hydrogens (tertiary/aromatic N) is 3. The lowest BCUT2D eigenvalue weighted by Crippen LogP contribution is -2.23. The van der Waals surface area contributed by atoms with Gasteiger partial charge >= 0.3 is 0 Å². The molecule has 5 aromatic rings. The molecule has 0 unspecified atom stereocenters. The maximum absolute atomic E-state index is 12.8. The predicted molar refractivity (Wildman–Crippen MR) is 124 cm³/mol. The zero-order valence-electron chi connectivity index (χ0n) is 16.2. The Hall–Kier alpha value is -3.48. The van der Waals surface area contributed by atoms with Crippen molar-refractivity contribution < 1.29 is 4.74 Å². The van der Waals surface area contributed by atoms with Crippen molar-refractivity contribution in [2.75, 3.05) is 0 Å². The maximum Gasteiger partial charge on any atom is 0.291 e. The van der Waals surface area contributed by atoms with Crippen molar-refractivity contribution in [2.45, 2.75) is 6.61 Å². The second-order valence-corrected chi connectivity index (χ2v) is 8.34. The molecule has 2 aromatic heterocycles. The highest BCUT2D eigenvalue weighted by atomic mass is 35.5. The molecule has 7 heteroatoms. The van der Waals surface area contributed by atoms with Crippen LogP contribution in [0.5, 0.6) is 5.75 Å². The molecule has 152 valence electrons. The lowest BCUT2D eigenvalue weighted by Gasteiger charge is -2.06. The van der Waals surface area contributed by atoms with Crippen molar-refractivity contribution in [2.24, 2.45) is 0 Å². The molecular formula is C24H16ClN3O2S. The molecule has 5 nitrogen and oxygen atoms in total. The fourth-order valence-corrected chi connectivity index (χ4v) is 4.18. The summed E-state index contributed by atoms with van der Waals surface area (Å²) < 4.78 is 7.79. The van der Waals surface area contributed by atoms with E-state index in [9.17, 15) is 4.79 Å². The van der Waals surface area contributed by atoms with Crippen LogP contribution in [-0.2, 0) is 6.61 Å². The molecule has 0 aliphatic carbocycles. The van der Waals surface area contributed by atoms with E-state index in [1.54, 1.807) is 12.1 Å². The SMILES string of the molecule is O=c1/c(=C\c2cccc(OCc3ccccc3)c2)sc2nc(-c3ccc(Cl)cc3)nn12. The molecule has 0 radical (unpaired) electrons. The molecule has 3 aromatic carbocycles. The number of hydrogen-bond acceptors (Lipinski definition) is 5. The number of halogens is 1. The first-order valence-electron chi connectivity index (χ1n) is 9.60. The largest absolute Gasteiger partial charge is 0.489 e. The van der Waals surface area contributed by atoms with Crippen molar-refractivity contribution in [1.82, 2.24) is 14.6 Å². The highest BCUT2D eigenvalue weighted by Crippen LogP contribution is 2.19. The van der Waals surface area contributed by atoms with Gasteiger partial charge in [-0.3, -0.25) is 4.79 Å². The van der Waals surface area contributed by atoms with Crippen LogP contribution in [0, 0.1) is 0 Å². The number of aromatic nitrogens is 3. The minimum Gasteiger partial charge on any atom is -0.489 e. The van der Waals surface area contributed by atoms with E-state index in [1.165, 1.54) is 15.9 Å². The van der Waals surface area contributed by atoms with Gasteiger partial charge in [-0.1, -0.05) is 65.4 Å². The molecule has 2 heterocycles. The Kier molecular flexibility index (Phi) is 5.24. The lowest BCUT2D eigenvalue weighted by atomic mass is 10.2. The highest BCUT2D eigenvalue weighted by molar-refractivity contribution is 7.15. The zero-order chi connectivity index (χ0) is 21.2. The fourth-order valence-electron chi connectivity index (χ4n) is 3.14. The van der Waals surface area contributed by atoms with E-state index < -0.39 is 0 Å². The zero-order valence-corrected chi connectivity index (χ0v) is 17.8. The van der Waals surface area contributed by atoms with Crippen molar-refractivity contribution in [3.8, 4) is 17.1 Å². The molecule has 31 heavy (non-hydrogen) atoms. The summed E-state index contributed by atoms with van der Waals surface area (Å²) in [6.07, 6.45) is 1.83. The molecule has 0 aliphatic rings. The standard InChI is InChI=1S/C24H16ClN3O2S/c25-19-11-9-18(10-12-19)22-26-24-28(27-22)23(29)21(31-24)14-17-7-4-8-20(13-17)30-15-16-5-2-1-3-6-16/h1-14H,15H2/b21-14+. The Morgan fingerprint density at radius 1 is 1.00 bits per heavy atom. The number of benzene rings is 3. The van der Waals surface area contributed by atoms with Crippen molar-refractivity contribution in [1.29, 1.82) is 0 Å². The maximum atomic E-state index is 12.8. The summed E-state index contributed by atoms with van der Waals surface area (Å²) in [6.45, 7) is 0.487. The molecule has 5 rings (SSSR count). The highest BCUT2D eigenvalue weighted by Gasteiger charge is 2.12. The van der Waals surface area contributed by atoms with E-state index in [1.807, 2.05) is 72.8 Å². The fraction of sp³-hybridized carbons (Fsp3) is 0.0417. The summed E-state index contributed by atoms with van der Waals surface area (Å²) in [5, 5.41) is 5.01. The van der Waals surface area contributed by atoms with E-state index in [-0.39, 0.29) is 5.56 Å². The van der Waals surface area contributed by atoms with Gasteiger partial charge in [-0.05, 0) is 53.6 Å². The summed E-state index contributed by atoms with van der Waals surface area (Å²) in [7, 11) is 0. The molecule has 0 bridgehead atoms. The van der Waals surface area contributed by atoms with Gasteiger partial charge in [0, 0.05) is 10.6 Å². The van der Waals surface area contributed by atoms with Crippen molar-refractivity contribution in [3.63, 3.8) is 0 Å². The first-order valence-corrected chi connectivity index (χ1v) is 10.8. The van der Waals surface area contributed by atoms with E-state index in [4.69, 9.17) is 16.3 Å². The summed E-state index contributed by atoms with van der Waals surface area (Å²) in [4.78, 5) is 17.9. The third-order valence-electron chi connectivity index (χ3n) is 4.69. The first kappa shape index (κ1) is 19.5. The molecular weight excluding hydrogens is 430 g/mol. The van der Waals surface area contributed by atoms with Gasteiger partial charge in [-0.15, -0.1) is 5.10 Å². The van der Waals surface area contributed by atoms with Crippen molar-refractivity contribution in [3.05, 3.63) is 110 Å². The van der Waals surface area contributed by atoms with Gasteiger partial charge in [0.25, 0.3) is 5.56 Å². The summed E-state index contributed by atoms with van der Waals surface area (Å²) in [6, 6.07) is 24.9. The third kappa shape index (κ3) is 4.21. The second kappa shape index (κ2) is 8.34. The van der Waals surface area contributed by atoms with Crippen LogP contribution in [0.4, 0.5) is 0 Å². The average Bonchev–Trinajstić information content (AvgIpc) is 3.33. The quantitative estimate of drug-likeness (QED) is 0.397. The third-order valence-corrected chi connectivity index (χ3v) is 5.90. The molecule has 0 N–H and O–H groups in total. The van der Waals surface area contributed by atoms with Crippen LogP contribution in [-0.4, -0.2) is 14.6 Å². The van der Waals surface area contributed by atoms with Crippen LogP contribution in [0.1, 0.15) is 11.1 Å². The topological polar surface area (TPSA) is 56.5 Å². The van der Waals surface area contributed by atoms with Gasteiger partial charge in [0.05, 0.1) is 4.53 Å². The number of hydrogen-bond donors (Lipinski definition) is 0. The lowest BCUT2D eigenvalue weighted by molar-refractivity contribution is 0.306. The molecule has 0 fully saturated rings. The smallest absolute Gasteiger partial charge is 0.291 e. The number of ether oxygens (including phenoxy) is 1. The van der Waals surface area contributed by atoms with Crippen LogP contribution in [0.15, 0.2) is 83.7 Å². The van der Waals surface area contributed by atoms with Gasteiger partial charge in [-0.25, -0.2) is 0 Å². The van der Waals surface area contributed by atoms with Crippen molar-refractivity contribution >= 4 is 34.0 Å². The minimum absolute atomic E-state index is 0.191. The Balaban J connectivity index is 1.42. The van der Waals surface area contributed by atoms with Crippen LogP contribution < -0.4 is 14.8 Å². The number of rotatable bonds is 5. The summed E-state index contributed by atoms with van der Waals surface area (Å²) in [5.74, 6) is 1.25. The van der Waals surface area contributed by atoms with Crippen LogP contribution in [0.3, 0.4) is 0 Å². The molecule has 0 saturated heterocycles. The predicted octanol–water partition coefficient (Wildman–Crippen LogP) is 4.60. The molecule has 0 amide bonds. The second-order valence-electron chi connectivity index (χ2n) is 6.90. The minimum atomic E-state index is -0.191. The number of fused-ring (bicyclic) bond motifs is 1. The van der Waals surface area contributed by atoms with Gasteiger partial charge in [-0.2, -0.15) is 9.50 Å². The van der Waals surface area contributed by atoms with Gasteiger partial charge < -0.3 is 4.74 Å². The van der Waals surface area contributed by atoms with E-state index in [2.05, 4.69) is 10.1 Å². The molecule has 0 saturated carbocycles. The Morgan fingerprint density at radius 2 is 1.81 bits per heavy atom. The summed E-state index contributed by atoms with van der Waals surface area (Å²) in [5.41, 5.74) is 2.60. The Bertz CT molecular complexity index is 1460. The van der Waals surface area contributed by atoms with Gasteiger partial charge in [0.15, 0.2) is 5.82 Å². The van der Waals surface area contributed by atoms with Crippen LogP contribution in [0.2, 0.25) is 5.02 Å². The molecule has 0 spiro atoms. The Labute approximate surface area is 186 Å². The van der Waals surface area contributed by atoms with Crippen LogP contribution >= 0.6 is 22.9 Å². The van der Waals surface area contributed by atoms with E-state index >= 15 is 0 Å². The first-order chi connectivity index (χ1) is 15.2.